The third-order valence-corrected chi connectivity index (χ3v) is 3.11. The highest BCUT2D eigenvalue weighted by molar-refractivity contribution is 5.88. The number of ether oxygens (including phenoxy) is 2. The van der Waals surface area contributed by atoms with Crippen LogP contribution < -0.4 is 0 Å². The highest BCUT2D eigenvalue weighted by atomic mass is 16.5. The molecule has 0 atom stereocenters. The second-order valence-corrected chi connectivity index (χ2v) is 4.85. The molecule has 2 rings (SSSR count). The zero-order valence-corrected chi connectivity index (χ0v) is 12.6. The Morgan fingerprint density at radius 3 is 2.76 bits per heavy atom. The Morgan fingerprint density at radius 2 is 2.14 bits per heavy atom. The van der Waals surface area contributed by atoms with E-state index in [9.17, 15) is 4.79 Å². The fourth-order valence-electron chi connectivity index (χ4n) is 2.07. The largest absolute Gasteiger partial charge is 0.464 e. The summed E-state index contributed by atoms with van der Waals surface area (Å²) in [6, 6.07) is 0.289. The summed E-state index contributed by atoms with van der Waals surface area (Å²) in [6.07, 6.45) is 3.55. The molecule has 0 spiro atoms. The average Bonchev–Trinajstić information content (AvgIpc) is 3.07. The number of rotatable bonds is 6. The lowest BCUT2D eigenvalue weighted by atomic mass is 10.3. The van der Waals surface area contributed by atoms with Crippen LogP contribution in [0.2, 0.25) is 0 Å². The van der Waals surface area contributed by atoms with Gasteiger partial charge in [0.25, 0.3) is 0 Å². The molecule has 0 bridgehead atoms. The number of hydrogen-bond acceptors (Lipinski definition) is 6. The summed E-state index contributed by atoms with van der Waals surface area (Å²) < 4.78 is 13.5. The van der Waals surface area contributed by atoms with Crippen molar-refractivity contribution in [3.63, 3.8) is 0 Å². The van der Waals surface area contributed by atoms with Crippen molar-refractivity contribution in [2.75, 3.05) is 14.2 Å². The Labute approximate surface area is 122 Å². The van der Waals surface area contributed by atoms with E-state index in [4.69, 9.17) is 9.47 Å². The summed E-state index contributed by atoms with van der Waals surface area (Å²) in [5, 5.41) is 7.91. The smallest absolute Gasteiger partial charge is 0.360 e. The molecule has 8 heteroatoms. The summed E-state index contributed by atoms with van der Waals surface area (Å²) in [5.74, 6) is -0.523. The van der Waals surface area contributed by atoms with Gasteiger partial charge < -0.3 is 14.0 Å². The van der Waals surface area contributed by atoms with E-state index in [2.05, 4.69) is 29.1 Å². The lowest BCUT2D eigenvalue weighted by Crippen LogP contribution is -2.14. The van der Waals surface area contributed by atoms with Crippen LogP contribution in [-0.2, 0) is 22.6 Å². The van der Waals surface area contributed by atoms with Gasteiger partial charge >= 0.3 is 5.97 Å². The number of methoxy groups -OCH3 is 2. The zero-order valence-electron chi connectivity index (χ0n) is 12.6. The molecule has 0 amide bonds. The van der Waals surface area contributed by atoms with Gasteiger partial charge in [-0.3, -0.25) is 0 Å². The van der Waals surface area contributed by atoms with Crippen LogP contribution in [0.25, 0.3) is 0 Å². The third kappa shape index (κ3) is 3.10. The van der Waals surface area contributed by atoms with Gasteiger partial charge in [0.2, 0.25) is 0 Å². The monoisotopic (exact) mass is 293 g/mol. The first-order valence-corrected chi connectivity index (χ1v) is 6.58. The maximum absolute atomic E-state index is 11.7. The van der Waals surface area contributed by atoms with Gasteiger partial charge in [0.1, 0.15) is 0 Å². The van der Waals surface area contributed by atoms with Crippen molar-refractivity contribution in [2.45, 2.75) is 33.0 Å². The van der Waals surface area contributed by atoms with E-state index in [1.165, 1.54) is 7.11 Å². The molecule has 0 radical (unpaired) electrons. The van der Waals surface area contributed by atoms with E-state index >= 15 is 0 Å². The Morgan fingerprint density at radius 1 is 1.38 bits per heavy atom. The Kier molecular flexibility index (Phi) is 4.69. The Balaban J connectivity index is 2.33. The standard InChI is InChI=1S/C13H19N5O3/c1-9(2)17-8-14-5-10(17)6-18-11(7-20-3)12(15-16-18)13(19)21-4/h5,8-9H,6-7H2,1-4H3. The second-order valence-electron chi connectivity index (χ2n) is 4.85. The summed E-state index contributed by atoms with van der Waals surface area (Å²) in [7, 11) is 2.86. The van der Waals surface area contributed by atoms with E-state index in [0.29, 0.717) is 12.2 Å². The molecule has 0 fully saturated rings. The van der Waals surface area contributed by atoms with Gasteiger partial charge in [0.15, 0.2) is 5.69 Å². The first-order chi connectivity index (χ1) is 10.1. The van der Waals surface area contributed by atoms with Crippen LogP contribution in [0.1, 0.15) is 41.8 Å². The highest BCUT2D eigenvalue weighted by Crippen LogP contribution is 2.14. The van der Waals surface area contributed by atoms with Crippen molar-refractivity contribution in [1.82, 2.24) is 24.5 Å². The minimum Gasteiger partial charge on any atom is -0.464 e. The molecule has 0 aliphatic carbocycles. The van der Waals surface area contributed by atoms with E-state index < -0.39 is 5.97 Å². The molecular formula is C13H19N5O3. The fraction of sp³-hybridized carbons (Fsp3) is 0.538. The lowest BCUT2D eigenvalue weighted by Gasteiger charge is -2.12. The molecule has 8 nitrogen and oxygen atoms in total. The van der Waals surface area contributed by atoms with Crippen molar-refractivity contribution in [2.24, 2.45) is 0 Å². The molecule has 2 aromatic heterocycles. The van der Waals surface area contributed by atoms with Crippen LogP contribution in [0.15, 0.2) is 12.5 Å². The van der Waals surface area contributed by atoms with Crippen LogP contribution in [0.4, 0.5) is 0 Å². The molecule has 0 saturated carbocycles. The molecular weight excluding hydrogens is 274 g/mol. The normalized spacial score (nSPS) is 11.1. The first-order valence-electron chi connectivity index (χ1n) is 6.58. The number of nitrogens with zero attached hydrogens (tertiary/aromatic N) is 5. The molecule has 0 aromatic carbocycles. The molecule has 2 aromatic rings. The number of esters is 1. The number of carbonyl (C=O) groups is 1. The second kappa shape index (κ2) is 6.49. The number of hydrogen-bond donors (Lipinski definition) is 0. The van der Waals surface area contributed by atoms with Crippen molar-refractivity contribution < 1.29 is 14.3 Å². The van der Waals surface area contributed by atoms with Gasteiger partial charge in [-0.05, 0) is 13.8 Å². The van der Waals surface area contributed by atoms with Gasteiger partial charge in [-0.25, -0.2) is 14.5 Å². The van der Waals surface area contributed by atoms with E-state index in [-0.39, 0.29) is 18.3 Å². The van der Waals surface area contributed by atoms with Gasteiger partial charge in [0.05, 0.1) is 44.2 Å². The SMILES string of the molecule is COCc1c(C(=O)OC)nnn1Cc1cncn1C(C)C. The Hall–Kier alpha value is -2.22. The first kappa shape index (κ1) is 15.2. The van der Waals surface area contributed by atoms with Gasteiger partial charge in [0, 0.05) is 13.2 Å². The summed E-state index contributed by atoms with van der Waals surface area (Å²) >= 11 is 0. The number of imidazole rings is 1. The van der Waals surface area contributed by atoms with E-state index in [1.807, 2.05) is 4.57 Å². The van der Waals surface area contributed by atoms with Crippen molar-refractivity contribution in [3.8, 4) is 0 Å². The molecule has 0 unspecified atom stereocenters. The molecule has 2 heterocycles. The molecule has 0 aliphatic rings. The zero-order chi connectivity index (χ0) is 15.4. The molecule has 0 aliphatic heterocycles. The van der Waals surface area contributed by atoms with Crippen LogP contribution >= 0.6 is 0 Å². The quantitative estimate of drug-likeness (QED) is 0.740. The van der Waals surface area contributed by atoms with Crippen LogP contribution in [0.3, 0.4) is 0 Å². The molecule has 114 valence electrons. The minimum absolute atomic E-state index is 0.176. The van der Waals surface area contributed by atoms with Crippen molar-refractivity contribution >= 4 is 5.97 Å². The number of aromatic nitrogens is 5. The lowest BCUT2D eigenvalue weighted by molar-refractivity contribution is 0.0588. The van der Waals surface area contributed by atoms with Gasteiger partial charge in [-0.2, -0.15) is 0 Å². The summed E-state index contributed by atoms with van der Waals surface area (Å²) in [5.41, 5.74) is 1.74. The predicted molar refractivity (Wildman–Crippen MR) is 73.8 cm³/mol. The average molecular weight is 293 g/mol. The highest BCUT2D eigenvalue weighted by Gasteiger charge is 2.21. The minimum atomic E-state index is -0.523. The summed E-state index contributed by atoms with van der Waals surface area (Å²) in [4.78, 5) is 15.8. The predicted octanol–water partition coefficient (Wildman–Crippen LogP) is 1.04. The van der Waals surface area contributed by atoms with Crippen molar-refractivity contribution in [1.29, 1.82) is 0 Å². The van der Waals surface area contributed by atoms with Gasteiger partial charge in [-0.1, -0.05) is 5.21 Å². The Bertz CT molecular complexity index is 617. The van der Waals surface area contributed by atoms with E-state index in [1.54, 1.807) is 24.3 Å². The molecule has 21 heavy (non-hydrogen) atoms. The third-order valence-electron chi connectivity index (χ3n) is 3.11. The number of carbonyl (C=O) groups excluding carboxylic acids is 1. The fourth-order valence-corrected chi connectivity index (χ4v) is 2.07. The van der Waals surface area contributed by atoms with Crippen LogP contribution in [0.5, 0.6) is 0 Å². The maximum Gasteiger partial charge on any atom is 0.360 e. The van der Waals surface area contributed by atoms with Crippen LogP contribution in [-0.4, -0.2) is 44.7 Å². The topological polar surface area (TPSA) is 84.1 Å². The van der Waals surface area contributed by atoms with Gasteiger partial charge in [-0.15, -0.1) is 5.10 Å². The maximum atomic E-state index is 11.7. The van der Waals surface area contributed by atoms with Crippen LogP contribution in [0, 0.1) is 0 Å². The van der Waals surface area contributed by atoms with Crippen molar-refractivity contribution in [3.05, 3.63) is 29.6 Å². The molecule has 0 saturated heterocycles. The van der Waals surface area contributed by atoms with E-state index in [0.717, 1.165) is 5.69 Å². The molecule has 0 N–H and O–H groups in total. The summed E-state index contributed by atoms with van der Waals surface area (Å²) in [6.45, 7) is 4.83.